The summed E-state index contributed by atoms with van der Waals surface area (Å²) in [4.78, 5) is 18.1. The van der Waals surface area contributed by atoms with E-state index in [0.717, 1.165) is 48.1 Å². The smallest absolute Gasteiger partial charge is 0.251 e. The van der Waals surface area contributed by atoms with Crippen LogP contribution >= 0.6 is 0 Å². The Morgan fingerprint density at radius 3 is 2.92 bits per heavy atom. The fourth-order valence-electron chi connectivity index (χ4n) is 3.63. The number of hydrogen-bond acceptors (Lipinski definition) is 2. The van der Waals surface area contributed by atoms with Crippen LogP contribution in [0.3, 0.4) is 0 Å². The Morgan fingerprint density at radius 2 is 2.04 bits per heavy atom. The minimum Gasteiger partial charge on any atom is -0.361 e. The zero-order valence-electron chi connectivity index (χ0n) is 14.5. The molecular formula is C21H23N3O. The Morgan fingerprint density at radius 1 is 1.16 bits per heavy atom. The fraction of sp³-hybridized carbons (Fsp3) is 0.286. The summed E-state index contributed by atoms with van der Waals surface area (Å²) in [6.45, 7) is 2.04. The molecule has 0 saturated carbocycles. The van der Waals surface area contributed by atoms with E-state index in [1.807, 2.05) is 24.4 Å². The number of carbonyl (C=O) groups excluding carboxylic acids is 1. The number of rotatable bonds is 3. The van der Waals surface area contributed by atoms with Crippen LogP contribution in [-0.2, 0) is 0 Å². The van der Waals surface area contributed by atoms with Crippen molar-refractivity contribution in [3.8, 4) is 11.1 Å². The lowest BCUT2D eigenvalue weighted by atomic mass is 10.0. The molecule has 2 N–H and O–H groups in total. The van der Waals surface area contributed by atoms with Gasteiger partial charge in [0.25, 0.3) is 5.91 Å². The molecule has 4 nitrogen and oxygen atoms in total. The van der Waals surface area contributed by atoms with Crippen LogP contribution in [0.4, 0.5) is 0 Å². The molecule has 128 valence electrons. The first kappa shape index (κ1) is 15.9. The second-order valence-electron chi connectivity index (χ2n) is 6.94. The van der Waals surface area contributed by atoms with Gasteiger partial charge in [-0.15, -0.1) is 0 Å². The van der Waals surface area contributed by atoms with Gasteiger partial charge in [0.05, 0.1) is 0 Å². The van der Waals surface area contributed by atoms with Crippen LogP contribution in [0.25, 0.3) is 22.0 Å². The van der Waals surface area contributed by atoms with E-state index in [4.69, 9.17) is 0 Å². The molecule has 1 saturated heterocycles. The maximum atomic E-state index is 12.6. The molecule has 4 rings (SSSR count). The second-order valence-corrected chi connectivity index (χ2v) is 6.94. The predicted octanol–water partition coefficient (Wildman–Crippen LogP) is 3.66. The number of likely N-dealkylation sites (N-methyl/N-ethyl adjacent to an activating group) is 1. The Bertz CT molecular complexity index is 899. The lowest BCUT2D eigenvalue weighted by Crippen LogP contribution is -2.46. The van der Waals surface area contributed by atoms with Gasteiger partial charge in [-0.1, -0.05) is 18.2 Å². The molecule has 0 bridgehead atoms. The van der Waals surface area contributed by atoms with Crippen molar-refractivity contribution in [3.05, 3.63) is 60.3 Å². The molecule has 3 aromatic rings. The molecule has 1 fully saturated rings. The molecule has 1 aliphatic heterocycles. The molecule has 2 heterocycles. The number of H-pyrrole nitrogens is 1. The van der Waals surface area contributed by atoms with Gasteiger partial charge in [0.1, 0.15) is 0 Å². The van der Waals surface area contributed by atoms with Crippen LogP contribution < -0.4 is 5.32 Å². The number of likely N-dealkylation sites (tertiary alicyclic amines) is 1. The summed E-state index contributed by atoms with van der Waals surface area (Å²) in [6.07, 6.45) is 4.14. The normalized spacial score (nSPS) is 18.4. The maximum absolute atomic E-state index is 12.6. The number of hydrogen-bond donors (Lipinski definition) is 2. The highest BCUT2D eigenvalue weighted by Gasteiger charge is 2.19. The fourth-order valence-corrected chi connectivity index (χ4v) is 3.63. The van der Waals surface area contributed by atoms with E-state index in [1.165, 1.54) is 5.39 Å². The number of nitrogens with one attached hydrogen (secondary N) is 2. The molecule has 1 aliphatic rings. The first-order valence-corrected chi connectivity index (χ1v) is 8.86. The quantitative estimate of drug-likeness (QED) is 0.768. The van der Waals surface area contributed by atoms with Gasteiger partial charge in [0.2, 0.25) is 0 Å². The number of carbonyl (C=O) groups is 1. The van der Waals surface area contributed by atoms with Crippen molar-refractivity contribution in [2.75, 3.05) is 20.1 Å². The number of piperidine rings is 1. The maximum Gasteiger partial charge on any atom is 0.251 e. The Hall–Kier alpha value is -2.59. The summed E-state index contributed by atoms with van der Waals surface area (Å²) in [7, 11) is 2.11. The van der Waals surface area contributed by atoms with Crippen molar-refractivity contribution in [2.45, 2.75) is 18.9 Å². The monoisotopic (exact) mass is 333 g/mol. The van der Waals surface area contributed by atoms with Crippen molar-refractivity contribution in [2.24, 2.45) is 0 Å². The summed E-state index contributed by atoms with van der Waals surface area (Å²) < 4.78 is 0. The Balaban J connectivity index is 1.55. The third kappa shape index (κ3) is 3.44. The van der Waals surface area contributed by atoms with Gasteiger partial charge < -0.3 is 15.2 Å². The molecule has 1 aromatic heterocycles. The van der Waals surface area contributed by atoms with Crippen molar-refractivity contribution in [1.82, 2.24) is 15.2 Å². The molecule has 1 atom stereocenters. The van der Waals surface area contributed by atoms with Gasteiger partial charge in [-0.3, -0.25) is 4.79 Å². The number of fused-ring (bicyclic) bond motifs is 1. The van der Waals surface area contributed by atoms with Crippen LogP contribution in [0, 0.1) is 0 Å². The van der Waals surface area contributed by atoms with E-state index >= 15 is 0 Å². The number of aromatic amines is 1. The molecule has 2 aromatic carbocycles. The minimum absolute atomic E-state index is 0.0184. The number of benzene rings is 2. The predicted molar refractivity (Wildman–Crippen MR) is 102 cm³/mol. The van der Waals surface area contributed by atoms with Crippen molar-refractivity contribution < 1.29 is 4.79 Å². The lowest BCUT2D eigenvalue weighted by molar-refractivity contribution is 0.0912. The Labute approximate surface area is 147 Å². The van der Waals surface area contributed by atoms with Crippen molar-refractivity contribution in [3.63, 3.8) is 0 Å². The van der Waals surface area contributed by atoms with Gasteiger partial charge in [0.15, 0.2) is 0 Å². The zero-order chi connectivity index (χ0) is 17.2. The molecule has 0 aliphatic carbocycles. The average molecular weight is 333 g/mol. The van der Waals surface area contributed by atoms with Gasteiger partial charge >= 0.3 is 0 Å². The van der Waals surface area contributed by atoms with Crippen LogP contribution in [0.2, 0.25) is 0 Å². The van der Waals surface area contributed by atoms with E-state index < -0.39 is 0 Å². The summed E-state index contributed by atoms with van der Waals surface area (Å²) in [6, 6.07) is 16.5. The topological polar surface area (TPSA) is 48.1 Å². The van der Waals surface area contributed by atoms with Gasteiger partial charge in [-0.25, -0.2) is 0 Å². The van der Waals surface area contributed by atoms with Gasteiger partial charge in [-0.05, 0) is 73.3 Å². The van der Waals surface area contributed by atoms with E-state index in [-0.39, 0.29) is 11.9 Å². The third-order valence-corrected chi connectivity index (χ3v) is 4.97. The minimum atomic E-state index is 0.0184. The van der Waals surface area contributed by atoms with E-state index in [0.29, 0.717) is 0 Å². The molecule has 0 unspecified atom stereocenters. The van der Waals surface area contributed by atoms with Crippen molar-refractivity contribution >= 4 is 16.8 Å². The van der Waals surface area contributed by atoms with E-state index in [1.54, 1.807) is 0 Å². The highest BCUT2D eigenvalue weighted by atomic mass is 16.1. The van der Waals surface area contributed by atoms with Crippen molar-refractivity contribution in [1.29, 1.82) is 0 Å². The Kier molecular flexibility index (Phi) is 4.28. The molecule has 0 spiro atoms. The average Bonchev–Trinajstić information content (AvgIpc) is 3.09. The van der Waals surface area contributed by atoms with E-state index in [9.17, 15) is 4.79 Å². The number of nitrogens with zero attached hydrogens (tertiary/aromatic N) is 1. The molecule has 4 heteroatoms. The lowest BCUT2D eigenvalue weighted by Gasteiger charge is -2.30. The SMILES string of the molecule is CN1CCC[C@@H](NC(=O)c2cccc(-c3ccc4[nH]ccc4c3)c2)C1. The molecule has 1 amide bonds. The van der Waals surface area contributed by atoms with Crippen LogP contribution in [0.5, 0.6) is 0 Å². The van der Waals surface area contributed by atoms with Crippen LogP contribution in [0.1, 0.15) is 23.2 Å². The summed E-state index contributed by atoms with van der Waals surface area (Å²) in [5, 5.41) is 4.36. The summed E-state index contributed by atoms with van der Waals surface area (Å²) in [5.74, 6) is 0.0184. The van der Waals surface area contributed by atoms with Gasteiger partial charge in [0, 0.05) is 29.9 Å². The largest absolute Gasteiger partial charge is 0.361 e. The summed E-state index contributed by atoms with van der Waals surface area (Å²) in [5.41, 5.74) is 4.04. The zero-order valence-corrected chi connectivity index (χ0v) is 14.5. The molecular weight excluding hydrogens is 310 g/mol. The first-order chi connectivity index (χ1) is 12.2. The number of aromatic nitrogens is 1. The third-order valence-electron chi connectivity index (χ3n) is 4.97. The first-order valence-electron chi connectivity index (χ1n) is 8.86. The molecule has 25 heavy (non-hydrogen) atoms. The number of amides is 1. The van der Waals surface area contributed by atoms with Gasteiger partial charge in [-0.2, -0.15) is 0 Å². The van der Waals surface area contributed by atoms with E-state index in [2.05, 4.69) is 52.6 Å². The van der Waals surface area contributed by atoms with Crippen LogP contribution in [0.15, 0.2) is 54.7 Å². The highest BCUT2D eigenvalue weighted by Crippen LogP contribution is 2.25. The second kappa shape index (κ2) is 6.73. The summed E-state index contributed by atoms with van der Waals surface area (Å²) >= 11 is 0. The standard InChI is InChI=1S/C21H23N3O/c1-24-11-3-6-19(14-24)23-21(25)18-5-2-4-15(13-18)16-7-8-20-17(12-16)9-10-22-20/h2,4-5,7-10,12-13,19,22H,3,6,11,14H2,1H3,(H,23,25)/t19-/m1/s1. The van der Waals surface area contributed by atoms with Crippen LogP contribution in [-0.4, -0.2) is 42.0 Å². The molecule has 0 radical (unpaired) electrons. The highest BCUT2D eigenvalue weighted by molar-refractivity contribution is 5.96.